The van der Waals surface area contributed by atoms with E-state index in [2.05, 4.69) is 17.8 Å². The van der Waals surface area contributed by atoms with Crippen LogP contribution in [0.4, 0.5) is 4.39 Å². The maximum Gasteiger partial charge on any atom is 0.280 e. The predicted molar refractivity (Wildman–Crippen MR) is 32.1 cm³/mol. The first-order valence-electron chi connectivity index (χ1n) is 2.24. The van der Waals surface area contributed by atoms with Gasteiger partial charge < -0.3 is 5.32 Å². The molecule has 0 aliphatic heterocycles. The summed E-state index contributed by atoms with van der Waals surface area (Å²) >= 11 is 0. The molecule has 0 heterocycles. The number of hydrogen-bond acceptors (Lipinski definition) is 1. The van der Waals surface area contributed by atoms with Crippen molar-refractivity contribution in [2.45, 2.75) is 0 Å². The highest BCUT2D eigenvalue weighted by molar-refractivity contribution is 5.90. The summed E-state index contributed by atoms with van der Waals surface area (Å²) in [6.07, 6.45) is 4.76. The number of terminal acetylenes is 1. The minimum Gasteiger partial charge on any atom is -0.339 e. The first-order valence-corrected chi connectivity index (χ1v) is 2.24. The Balaban J connectivity index is 3.55. The third kappa shape index (κ3) is 3.30. The SMILES string of the molecule is C#CCNC(=O)C(=C)F. The van der Waals surface area contributed by atoms with E-state index in [1.165, 1.54) is 0 Å². The number of amides is 1. The van der Waals surface area contributed by atoms with Crippen LogP contribution in [0.15, 0.2) is 12.4 Å². The molecule has 0 saturated heterocycles. The number of carbonyl (C=O) groups is 1. The van der Waals surface area contributed by atoms with Crippen LogP contribution < -0.4 is 5.32 Å². The molecule has 1 N–H and O–H groups in total. The van der Waals surface area contributed by atoms with Gasteiger partial charge in [0.2, 0.25) is 0 Å². The van der Waals surface area contributed by atoms with Gasteiger partial charge in [-0.3, -0.25) is 4.79 Å². The quantitative estimate of drug-likeness (QED) is 0.417. The fourth-order valence-corrected chi connectivity index (χ4v) is 0.227. The molecule has 0 unspecified atom stereocenters. The van der Waals surface area contributed by atoms with Crippen LogP contribution >= 0.6 is 0 Å². The molecule has 0 bridgehead atoms. The molecule has 0 atom stereocenters. The molecule has 0 aromatic rings. The average Bonchev–Trinajstić information content (AvgIpc) is 1.82. The van der Waals surface area contributed by atoms with E-state index in [0.29, 0.717) is 0 Å². The van der Waals surface area contributed by atoms with Gasteiger partial charge in [0.25, 0.3) is 5.91 Å². The van der Waals surface area contributed by atoms with E-state index >= 15 is 0 Å². The second-order valence-electron chi connectivity index (χ2n) is 1.29. The van der Waals surface area contributed by atoms with E-state index in [9.17, 15) is 9.18 Å². The van der Waals surface area contributed by atoms with Gasteiger partial charge in [-0.25, -0.2) is 4.39 Å². The minimum absolute atomic E-state index is 0.0295. The number of nitrogens with one attached hydrogen (secondary N) is 1. The molecule has 0 rings (SSSR count). The maximum absolute atomic E-state index is 11.7. The molecule has 48 valence electrons. The number of carbonyl (C=O) groups excluding carboxylic acids is 1. The third-order valence-electron chi connectivity index (χ3n) is 0.597. The van der Waals surface area contributed by atoms with Crippen LogP contribution in [0.3, 0.4) is 0 Å². The first-order chi connectivity index (χ1) is 4.18. The molecule has 0 fully saturated rings. The molecule has 0 spiro atoms. The van der Waals surface area contributed by atoms with Crippen molar-refractivity contribution in [3.63, 3.8) is 0 Å². The summed E-state index contributed by atoms with van der Waals surface area (Å²) in [5.41, 5.74) is 0. The average molecular weight is 127 g/mol. The summed E-state index contributed by atoms with van der Waals surface area (Å²) in [6.45, 7) is 2.79. The lowest BCUT2D eigenvalue weighted by Crippen LogP contribution is -2.23. The molecule has 0 aliphatic rings. The van der Waals surface area contributed by atoms with Crippen LogP contribution in [-0.2, 0) is 4.79 Å². The van der Waals surface area contributed by atoms with Crippen molar-refractivity contribution in [2.24, 2.45) is 0 Å². The van der Waals surface area contributed by atoms with Crippen molar-refractivity contribution < 1.29 is 9.18 Å². The number of halogens is 1. The Morgan fingerprint density at radius 1 is 1.89 bits per heavy atom. The van der Waals surface area contributed by atoms with Gasteiger partial charge in [-0.1, -0.05) is 12.5 Å². The zero-order chi connectivity index (χ0) is 7.28. The van der Waals surface area contributed by atoms with Crippen LogP contribution in [0.5, 0.6) is 0 Å². The van der Waals surface area contributed by atoms with Crippen molar-refractivity contribution in [1.29, 1.82) is 0 Å². The molecular formula is C6H6FNO. The topological polar surface area (TPSA) is 29.1 Å². The van der Waals surface area contributed by atoms with Crippen molar-refractivity contribution in [3.05, 3.63) is 12.4 Å². The van der Waals surface area contributed by atoms with Crippen molar-refractivity contribution in [2.75, 3.05) is 6.54 Å². The van der Waals surface area contributed by atoms with Crippen molar-refractivity contribution in [1.82, 2.24) is 5.32 Å². The van der Waals surface area contributed by atoms with Gasteiger partial charge in [0.15, 0.2) is 5.83 Å². The molecule has 9 heavy (non-hydrogen) atoms. The second kappa shape index (κ2) is 3.67. The van der Waals surface area contributed by atoms with E-state index < -0.39 is 11.7 Å². The van der Waals surface area contributed by atoms with Gasteiger partial charge >= 0.3 is 0 Å². The van der Waals surface area contributed by atoms with Crippen LogP contribution in [-0.4, -0.2) is 12.5 Å². The smallest absolute Gasteiger partial charge is 0.280 e. The Kier molecular flexibility index (Phi) is 3.14. The molecule has 0 saturated carbocycles. The van der Waals surface area contributed by atoms with Gasteiger partial charge in [-0.2, -0.15) is 0 Å². The zero-order valence-corrected chi connectivity index (χ0v) is 4.78. The Hall–Kier alpha value is -1.30. The Morgan fingerprint density at radius 2 is 2.44 bits per heavy atom. The summed E-state index contributed by atoms with van der Waals surface area (Å²) in [6, 6.07) is 0. The lowest BCUT2D eigenvalue weighted by atomic mass is 10.5. The largest absolute Gasteiger partial charge is 0.339 e. The third-order valence-corrected chi connectivity index (χ3v) is 0.597. The molecule has 3 heteroatoms. The summed E-state index contributed by atoms with van der Waals surface area (Å²) in [7, 11) is 0. The van der Waals surface area contributed by atoms with Crippen LogP contribution in [0.2, 0.25) is 0 Å². The second-order valence-corrected chi connectivity index (χ2v) is 1.29. The lowest BCUT2D eigenvalue weighted by Gasteiger charge is -1.93. The molecule has 0 radical (unpaired) electrons. The fourth-order valence-electron chi connectivity index (χ4n) is 0.227. The normalized spacial score (nSPS) is 7.56. The first kappa shape index (κ1) is 7.70. The molecule has 0 aromatic heterocycles. The van der Waals surface area contributed by atoms with Crippen LogP contribution in [0.1, 0.15) is 0 Å². The van der Waals surface area contributed by atoms with E-state index in [1.54, 1.807) is 0 Å². The maximum atomic E-state index is 11.7. The fraction of sp³-hybridized carbons (Fsp3) is 0.167. The highest BCUT2D eigenvalue weighted by atomic mass is 19.1. The minimum atomic E-state index is -1.02. The van der Waals surface area contributed by atoms with Crippen molar-refractivity contribution >= 4 is 5.91 Å². The summed E-state index contributed by atoms with van der Waals surface area (Å²) < 4.78 is 11.7. The Bertz CT molecular complexity index is 168. The van der Waals surface area contributed by atoms with Gasteiger partial charge in [-0.05, 0) is 0 Å². The van der Waals surface area contributed by atoms with E-state index in [1.807, 2.05) is 0 Å². The van der Waals surface area contributed by atoms with Gasteiger partial charge in [0, 0.05) is 0 Å². The Morgan fingerprint density at radius 3 is 2.78 bits per heavy atom. The monoisotopic (exact) mass is 127 g/mol. The van der Waals surface area contributed by atoms with Gasteiger partial charge in [0.1, 0.15) is 0 Å². The zero-order valence-electron chi connectivity index (χ0n) is 4.78. The summed E-state index contributed by atoms with van der Waals surface area (Å²) in [4.78, 5) is 10.2. The highest BCUT2D eigenvalue weighted by Gasteiger charge is 2.01. The Labute approximate surface area is 52.8 Å². The van der Waals surface area contributed by atoms with Crippen LogP contribution in [0, 0.1) is 12.3 Å². The highest BCUT2D eigenvalue weighted by Crippen LogP contribution is 1.87. The summed E-state index contributed by atoms with van der Waals surface area (Å²) in [5, 5.41) is 2.08. The van der Waals surface area contributed by atoms with E-state index in [-0.39, 0.29) is 6.54 Å². The summed E-state index contributed by atoms with van der Waals surface area (Å²) in [5.74, 6) is 0.237. The molecule has 2 nitrogen and oxygen atoms in total. The van der Waals surface area contributed by atoms with Gasteiger partial charge in [-0.15, -0.1) is 6.42 Å². The van der Waals surface area contributed by atoms with E-state index in [0.717, 1.165) is 0 Å². The lowest BCUT2D eigenvalue weighted by molar-refractivity contribution is -0.118. The number of rotatable bonds is 2. The molecular weight excluding hydrogens is 121 g/mol. The molecule has 0 aliphatic carbocycles. The van der Waals surface area contributed by atoms with Gasteiger partial charge in [0.05, 0.1) is 6.54 Å². The number of hydrogen-bond donors (Lipinski definition) is 1. The molecule has 0 aromatic carbocycles. The van der Waals surface area contributed by atoms with Crippen LogP contribution in [0.25, 0.3) is 0 Å². The van der Waals surface area contributed by atoms with Crippen molar-refractivity contribution in [3.8, 4) is 12.3 Å². The predicted octanol–water partition coefficient (Wildman–Crippen LogP) is 0.219. The molecule has 1 amide bonds. The standard InChI is InChI=1S/C6H6FNO/c1-3-4-8-6(9)5(2)7/h1H,2,4H2,(H,8,9). The van der Waals surface area contributed by atoms with E-state index in [4.69, 9.17) is 6.42 Å².